The third kappa shape index (κ3) is 3.17. The maximum Gasteiger partial charge on any atom is 0.104 e. The standard InChI is InChI=1S/C8H14O2S2/c1(7-5-11-12-6-7)2-9-3-8-4-10-8/h7-8H,1-6H2. The Labute approximate surface area is 81.2 Å². The molecule has 0 aromatic carbocycles. The van der Waals surface area contributed by atoms with Gasteiger partial charge in [0.2, 0.25) is 0 Å². The van der Waals surface area contributed by atoms with Crippen LogP contribution in [0.2, 0.25) is 0 Å². The van der Waals surface area contributed by atoms with E-state index in [2.05, 4.69) is 0 Å². The summed E-state index contributed by atoms with van der Waals surface area (Å²) < 4.78 is 10.5. The largest absolute Gasteiger partial charge is 0.379 e. The van der Waals surface area contributed by atoms with Crippen molar-refractivity contribution in [1.29, 1.82) is 0 Å². The molecule has 2 heterocycles. The van der Waals surface area contributed by atoms with E-state index in [1.165, 1.54) is 17.9 Å². The van der Waals surface area contributed by atoms with E-state index in [-0.39, 0.29) is 0 Å². The number of hydrogen-bond acceptors (Lipinski definition) is 4. The van der Waals surface area contributed by atoms with Gasteiger partial charge in [-0.1, -0.05) is 21.6 Å². The molecule has 2 rings (SSSR count). The summed E-state index contributed by atoms with van der Waals surface area (Å²) in [4.78, 5) is 0. The number of epoxide rings is 1. The van der Waals surface area contributed by atoms with Crippen LogP contribution in [0.1, 0.15) is 6.42 Å². The van der Waals surface area contributed by atoms with Crippen LogP contribution in [0.4, 0.5) is 0 Å². The quantitative estimate of drug-likeness (QED) is 0.388. The van der Waals surface area contributed by atoms with Gasteiger partial charge in [0.1, 0.15) is 6.10 Å². The molecule has 0 N–H and O–H groups in total. The molecular weight excluding hydrogens is 192 g/mol. The van der Waals surface area contributed by atoms with Crippen molar-refractivity contribution < 1.29 is 9.47 Å². The molecule has 1 atom stereocenters. The van der Waals surface area contributed by atoms with Crippen LogP contribution in [0.15, 0.2) is 0 Å². The van der Waals surface area contributed by atoms with Gasteiger partial charge in [0, 0.05) is 18.1 Å². The van der Waals surface area contributed by atoms with Crippen LogP contribution >= 0.6 is 21.6 Å². The van der Waals surface area contributed by atoms with Crippen LogP contribution in [0.5, 0.6) is 0 Å². The van der Waals surface area contributed by atoms with Crippen molar-refractivity contribution in [2.24, 2.45) is 5.92 Å². The Bertz CT molecular complexity index is 133. The number of ether oxygens (including phenoxy) is 2. The second-order valence-corrected chi connectivity index (χ2v) is 5.81. The smallest absolute Gasteiger partial charge is 0.104 e. The van der Waals surface area contributed by atoms with Crippen molar-refractivity contribution in [2.75, 3.05) is 31.3 Å². The molecule has 0 aromatic heterocycles. The Morgan fingerprint density at radius 1 is 1.33 bits per heavy atom. The SMILES string of the molecule is C(CC1CSSC1)OCC1CO1. The van der Waals surface area contributed by atoms with Crippen molar-refractivity contribution in [3.63, 3.8) is 0 Å². The van der Waals surface area contributed by atoms with Crippen molar-refractivity contribution in [1.82, 2.24) is 0 Å². The third-order valence-corrected chi connectivity index (χ3v) is 4.77. The van der Waals surface area contributed by atoms with E-state index in [1.54, 1.807) is 0 Å². The summed E-state index contributed by atoms with van der Waals surface area (Å²) >= 11 is 0. The molecule has 70 valence electrons. The van der Waals surface area contributed by atoms with Crippen molar-refractivity contribution in [2.45, 2.75) is 12.5 Å². The topological polar surface area (TPSA) is 21.8 Å². The summed E-state index contributed by atoms with van der Waals surface area (Å²) in [6.07, 6.45) is 1.66. The van der Waals surface area contributed by atoms with E-state index in [0.29, 0.717) is 6.10 Å². The molecule has 2 aliphatic heterocycles. The Morgan fingerprint density at radius 3 is 2.75 bits per heavy atom. The van der Waals surface area contributed by atoms with Gasteiger partial charge in [-0.2, -0.15) is 0 Å². The van der Waals surface area contributed by atoms with Crippen LogP contribution < -0.4 is 0 Å². The summed E-state index contributed by atoms with van der Waals surface area (Å²) in [7, 11) is 3.99. The van der Waals surface area contributed by atoms with Crippen LogP contribution in [0.25, 0.3) is 0 Å². The van der Waals surface area contributed by atoms with Crippen LogP contribution in [0.3, 0.4) is 0 Å². The minimum atomic E-state index is 0.428. The van der Waals surface area contributed by atoms with Gasteiger partial charge in [-0.25, -0.2) is 0 Å². The van der Waals surface area contributed by atoms with Gasteiger partial charge >= 0.3 is 0 Å². The highest BCUT2D eigenvalue weighted by Gasteiger charge is 2.22. The molecule has 2 aliphatic rings. The molecule has 12 heavy (non-hydrogen) atoms. The Kier molecular flexibility index (Phi) is 3.63. The van der Waals surface area contributed by atoms with Gasteiger partial charge in [0.15, 0.2) is 0 Å². The summed E-state index contributed by atoms with van der Waals surface area (Å²) in [5.41, 5.74) is 0. The Hall–Kier alpha value is 0.620. The lowest BCUT2D eigenvalue weighted by Gasteiger charge is -2.06. The zero-order valence-corrected chi connectivity index (χ0v) is 8.66. The van der Waals surface area contributed by atoms with Crippen LogP contribution in [-0.4, -0.2) is 37.4 Å². The summed E-state index contributed by atoms with van der Waals surface area (Å²) in [5.74, 6) is 3.52. The van der Waals surface area contributed by atoms with E-state index in [4.69, 9.17) is 9.47 Å². The average Bonchev–Trinajstić information content (AvgIpc) is 2.76. The highest BCUT2D eigenvalue weighted by molar-refractivity contribution is 8.77. The van der Waals surface area contributed by atoms with E-state index >= 15 is 0 Å². The normalized spacial score (nSPS) is 29.5. The average molecular weight is 206 g/mol. The molecule has 4 heteroatoms. The molecule has 2 nitrogen and oxygen atoms in total. The fraction of sp³-hybridized carbons (Fsp3) is 1.00. The predicted molar refractivity (Wildman–Crippen MR) is 53.6 cm³/mol. The first-order valence-corrected chi connectivity index (χ1v) is 6.88. The molecule has 2 fully saturated rings. The van der Waals surface area contributed by atoms with Crippen molar-refractivity contribution in [3.8, 4) is 0 Å². The minimum absolute atomic E-state index is 0.428. The maximum atomic E-state index is 5.48. The van der Waals surface area contributed by atoms with Crippen LogP contribution in [0, 0.1) is 5.92 Å². The van der Waals surface area contributed by atoms with E-state index in [1.807, 2.05) is 21.6 Å². The first-order chi connectivity index (χ1) is 5.95. The van der Waals surface area contributed by atoms with Gasteiger partial charge in [-0.3, -0.25) is 0 Å². The molecule has 1 unspecified atom stereocenters. The van der Waals surface area contributed by atoms with Gasteiger partial charge < -0.3 is 9.47 Å². The van der Waals surface area contributed by atoms with Gasteiger partial charge in [-0.15, -0.1) is 0 Å². The van der Waals surface area contributed by atoms with Crippen LogP contribution in [-0.2, 0) is 9.47 Å². The second kappa shape index (κ2) is 4.74. The lowest BCUT2D eigenvalue weighted by atomic mass is 10.1. The van der Waals surface area contributed by atoms with Gasteiger partial charge in [-0.05, 0) is 12.3 Å². The molecule has 0 bridgehead atoms. The first kappa shape index (κ1) is 9.19. The highest BCUT2D eigenvalue weighted by Crippen LogP contribution is 2.36. The zero-order chi connectivity index (χ0) is 8.23. The number of rotatable bonds is 5. The Morgan fingerprint density at radius 2 is 2.08 bits per heavy atom. The van der Waals surface area contributed by atoms with E-state index < -0.39 is 0 Å². The summed E-state index contributed by atoms with van der Waals surface area (Å²) in [6.45, 7) is 2.65. The van der Waals surface area contributed by atoms with Gasteiger partial charge in [0.05, 0.1) is 13.2 Å². The highest BCUT2D eigenvalue weighted by atomic mass is 33.1. The fourth-order valence-electron chi connectivity index (χ4n) is 1.13. The number of hydrogen-bond donors (Lipinski definition) is 0. The fourth-order valence-corrected chi connectivity index (χ4v) is 4.16. The first-order valence-electron chi connectivity index (χ1n) is 4.39. The Balaban J connectivity index is 1.44. The molecule has 0 saturated carbocycles. The minimum Gasteiger partial charge on any atom is -0.379 e. The molecule has 0 aliphatic carbocycles. The predicted octanol–water partition coefficient (Wildman–Crippen LogP) is 1.80. The van der Waals surface area contributed by atoms with E-state index in [0.717, 1.165) is 25.7 Å². The third-order valence-electron chi connectivity index (χ3n) is 2.07. The monoisotopic (exact) mass is 206 g/mol. The van der Waals surface area contributed by atoms with E-state index in [9.17, 15) is 0 Å². The molecule has 0 aromatic rings. The maximum absolute atomic E-state index is 5.48. The lowest BCUT2D eigenvalue weighted by Crippen LogP contribution is -2.09. The molecule has 0 radical (unpaired) electrons. The molecule has 0 amide bonds. The van der Waals surface area contributed by atoms with Crippen molar-refractivity contribution >= 4 is 21.6 Å². The van der Waals surface area contributed by atoms with Crippen molar-refractivity contribution in [3.05, 3.63) is 0 Å². The second-order valence-electron chi connectivity index (χ2n) is 3.25. The molecular formula is C8H14O2S2. The molecule has 2 saturated heterocycles. The zero-order valence-electron chi connectivity index (χ0n) is 7.03. The summed E-state index contributed by atoms with van der Waals surface area (Å²) in [5, 5.41) is 0. The lowest BCUT2D eigenvalue weighted by molar-refractivity contribution is 0.108. The summed E-state index contributed by atoms with van der Waals surface area (Å²) in [6, 6.07) is 0. The van der Waals surface area contributed by atoms with Gasteiger partial charge in [0.25, 0.3) is 0 Å². The molecule has 0 spiro atoms.